The number of rotatable bonds is 4. The second kappa shape index (κ2) is 7.67. The average Bonchev–Trinajstić information content (AvgIpc) is 3.18. The normalized spacial score (nSPS) is 13.6. The zero-order valence-corrected chi connectivity index (χ0v) is 17.1. The van der Waals surface area contributed by atoms with Gasteiger partial charge in [-0.2, -0.15) is 0 Å². The molecule has 3 heterocycles. The van der Waals surface area contributed by atoms with Crippen LogP contribution in [-0.2, 0) is 24.2 Å². The number of carbonyl (C=O) groups excluding carboxylic acids is 1. The number of hydrogen-bond donors (Lipinski definition) is 2. The highest BCUT2D eigenvalue weighted by atomic mass is 19.1. The summed E-state index contributed by atoms with van der Waals surface area (Å²) in [6.45, 7) is 0.391. The van der Waals surface area contributed by atoms with Crippen molar-refractivity contribution < 1.29 is 19.0 Å². The van der Waals surface area contributed by atoms with E-state index < -0.39 is 12.4 Å². The number of fused-ring (bicyclic) bond motifs is 5. The molecule has 7 heteroatoms. The highest BCUT2D eigenvalue weighted by molar-refractivity contribution is 6.10. The molecule has 158 valence electrons. The van der Waals surface area contributed by atoms with Crippen molar-refractivity contribution in [3.63, 3.8) is 0 Å². The summed E-state index contributed by atoms with van der Waals surface area (Å²) in [5, 5.41) is 11.5. The van der Waals surface area contributed by atoms with Crippen molar-refractivity contribution >= 4 is 27.7 Å². The first kappa shape index (κ1) is 19.5. The lowest BCUT2D eigenvalue weighted by atomic mass is 9.96. The molecule has 2 aromatic heterocycles. The summed E-state index contributed by atoms with van der Waals surface area (Å²) in [5.74, 6) is -0.508. The summed E-state index contributed by atoms with van der Waals surface area (Å²) in [7, 11) is 1.44. The fourth-order valence-electron chi connectivity index (χ4n) is 4.46. The maximum Gasteiger partial charge on any atom is 0.248 e. The lowest BCUT2D eigenvalue weighted by molar-refractivity contribution is -0.135. The van der Waals surface area contributed by atoms with Crippen molar-refractivity contribution in [1.29, 1.82) is 0 Å². The van der Waals surface area contributed by atoms with Crippen LogP contribution in [-0.4, -0.2) is 46.1 Å². The highest BCUT2D eigenvalue weighted by Crippen LogP contribution is 2.35. The molecule has 2 aromatic carbocycles. The maximum atomic E-state index is 14.3. The molecule has 31 heavy (non-hydrogen) atoms. The Balaban J connectivity index is 1.67. The van der Waals surface area contributed by atoms with E-state index in [2.05, 4.69) is 11.1 Å². The van der Waals surface area contributed by atoms with Gasteiger partial charge in [0.2, 0.25) is 5.91 Å². The number of aliphatic hydroxyl groups is 1. The zero-order valence-electron chi connectivity index (χ0n) is 17.1. The molecule has 0 saturated carbocycles. The largest absolute Gasteiger partial charge is 0.494 e. The molecular formula is C24H22FN3O3. The number of hydrogen-bond acceptors (Lipinski definition) is 4. The Hall–Kier alpha value is -3.45. The Bertz CT molecular complexity index is 1310. The fourth-order valence-corrected chi connectivity index (χ4v) is 4.46. The summed E-state index contributed by atoms with van der Waals surface area (Å²) < 4.78 is 19.3. The monoisotopic (exact) mass is 419 g/mol. The number of amides is 1. The van der Waals surface area contributed by atoms with E-state index in [-0.39, 0.29) is 11.7 Å². The van der Waals surface area contributed by atoms with E-state index in [9.17, 15) is 14.3 Å². The van der Waals surface area contributed by atoms with Crippen LogP contribution in [0, 0.1) is 5.82 Å². The van der Waals surface area contributed by atoms with Crippen molar-refractivity contribution in [3.8, 4) is 5.75 Å². The van der Waals surface area contributed by atoms with Crippen LogP contribution < -0.4 is 4.74 Å². The lowest BCUT2D eigenvalue weighted by Crippen LogP contribution is -2.38. The number of nitrogens with zero attached hydrogens (tertiary/aromatic N) is 2. The van der Waals surface area contributed by atoms with Gasteiger partial charge in [-0.15, -0.1) is 0 Å². The molecule has 0 unspecified atom stereocenters. The number of halogens is 1. The lowest BCUT2D eigenvalue weighted by Gasteiger charge is -2.28. The smallest absolute Gasteiger partial charge is 0.248 e. The maximum absolute atomic E-state index is 14.3. The second-order valence-corrected chi connectivity index (χ2v) is 7.77. The third-order valence-corrected chi connectivity index (χ3v) is 5.96. The Morgan fingerprint density at radius 1 is 1.29 bits per heavy atom. The number of aromatic amines is 1. The van der Waals surface area contributed by atoms with Crippen LogP contribution in [0.15, 0.2) is 42.5 Å². The number of methoxy groups -OCH3 is 1. The molecule has 1 amide bonds. The van der Waals surface area contributed by atoms with E-state index in [1.807, 2.05) is 24.3 Å². The number of H-pyrrole nitrogens is 1. The summed E-state index contributed by atoms with van der Waals surface area (Å²) in [4.78, 5) is 22.1. The van der Waals surface area contributed by atoms with Crippen LogP contribution >= 0.6 is 0 Å². The molecule has 0 atom stereocenters. The molecule has 1 aliphatic heterocycles. The van der Waals surface area contributed by atoms with E-state index >= 15 is 0 Å². The topological polar surface area (TPSA) is 78.5 Å². The number of para-hydroxylation sites is 1. The fraction of sp³-hybridized carbons (Fsp3) is 0.250. The molecule has 2 N–H and O–H groups in total. The number of aromatic nitrogens is 2. The summed E-state index contributed by atoms with van der Waals surface area (Å²) in [6, 6.07) is 13.0. The van der Waals surface area contributed by atoms with Gasteiger partial charge in [0, 0.05) is 29.3 Å². The van der Waals surface area contributed by atoms with Crippen LogP contribution in [0.1, 0.15) is 22.5 Å². The Kier molecular flexibility index (Phi) is 4.82. The minimum absolute atomic E-state index is 0.205. The molecule has 6 nitrogen and oxygen atoms in total. The van der Waals surface area contributed by atoms with Gasteiger partial charge in [-0.05, 0) is 35.7 Å². The van der Waals surface area contributed by atoms with Gasteiger partial charge in [0.1, 0.15) is 6.61 Å². The van der Waals surface area contributed by atoms with Crippen molar-refractivity contribution in [2.24, 2.45) is 0 Å². The van der Waals surface area contributed by atoms with Crippen LogP contribution in [0.5, 0.6) is 5.75 Å². The van der Waals surface area contributed by atoms with Crippen LogP contribution in [0.25, 0.3) is 21.8 Å². The standard InChI is InChI=1S/C24H22FN3O3/c1-31-21-7-6-14(10-17(21)25)11-19-24-23(15-4-2-3-5-18(15)27-24)16-8-9-28(22(30)13-29)12-20(16)26-19/h2-7,10,27,29H,8-9,11-13H2,1H3. The van der Waals surface area contributed by atoms with Gasteiger partial charge in [-0.1, -0.05) is 24.3 Å². The molecule has 0 bridgehead atoms. The molecule has 0 spiro atoms. The predicted octanol–water partition coefficient (Wildman–Crippen LogP) is 3.33. The SMILES string of the molecule is COc1ccc(Cc2nc3c(c4c2[nH]c2ccccc24)CCN(C(=O)CO)C3)cc1F. The van der Waals surface area contributed by atoms with E-state index in [4.69, 9.17) is 9.72 Å². The van der Waals surface area contributed by atoms with E-state index in [1.165, 1.54) is 13.2 Å². The van der Waals surface area contributed by atoms with Gasteiger partial charge in [-0.25, -0.2) is 4.39 Å². The molecule has 0 radical (unpaired) electrons. The number of pyridine rings is 1. The van der Waals surface area contributed by atoms with E-state index in [1.54, 1.807) is 11.0 Å². The van der Waals surface area contributed by atoms with Crippen molar-refractivity contribution in [2.75, 3.05) is 20.3 Å². The molecule has 0 saturated heterocycles. The highest BCUT2D eigenvalue weighted by Gasteiger charge is 2.26. The quantitative estimate of drug-likeness (QED) is 0.532. The minimum Gasteiger partial charge on any atom is -0.494 e. The summed E-state index contributed by atoms with van der Waals surface area (Å²) in [5.41, 5.74) is 5.49. The number of nitrogens with one attached hydrogen (secondary N) is 1. The van der Waals surface area contributed by atoms with Crippen molar-refractivity contribution in [3.05, 3.63) is 70.8 Å². The van der Waals surface area contributed by atoms with E-state index in [0.29, 0.717) is 25.9 Å². The molecule has 1 aliphatic rings. The number of benzene rings is 2. The third-order valence-electron chi connectivity index (χ3n) is 5.96. The van der Waals surface area contributed by atoms with Gasteiger partial charge in [0.15, 0.2) is 11.6 Å². The summed E-state index contributed by atoms with van der Waals surface area (Å²) in [6.07, 6.45) is 1.11. The minimum atomic E-state index is -0.511. The average molecular weight is 419 g/mol. The number of carbonyl (C=O) groups is 1. The van der Waals surface area contributed by atoms with Crippen LogP contribution in [0.4, 0.5) is 4.39 Å². The molecule has 0 aliphatic carbocycles. The molecule has 5 rings (SSSR count). The predicted molar refractivity (Wildman–Crippen MR) is 116 cm³/mol. The Labute approximate surface area is 178 Å². The Morgan fingerprint density at radius 3 is 2.90 bits per heavy atom. The second-order valence-electron chi connectivity index (χ2n) is 7.77. The summed E-state index contributed by atoms with van der Waals surface area (Å²) >= 11 is 0. The molecule has 0 fully saturated rings. The van der Waals surface area contributed by atoms with Gasteiger partial charge in [0.05, 0.1) is 30.6 Å². The van der Waals surface area contributed by atoms with Gasteiger partial charge in [-0.3, -0.25) is 9.78 Å². The first-order chi connectivity index (χ1) is 15.1. The first-order valence-corrected chi connectivity index (χ1v) is 10.2. The zero-order chi connectivity index (χ0) is 21.5. The van der Waals surface area contributed by atoms with Crippen molar-refractivity contribution in [2.45, 2.75) is 19.4 Å². The van der Waals surface area contributed by atoms with E-state index in [0.717, 1.165) is 44.3 Å². The van der Waals surface area contributed by atoms with Crippen LogP contribution in [0.2, 0.25) is 0 Å². The Morgan fingerprint density at radius 2 is 2.13 bits per heavy atom. The number of aliphatic hydroxyl groups excluding tert-OH is 1. The third kappa shape index (κ3) is 3.31. The van der Waals surface area contributed by atoms with Gasteiger partial charge in [0.25, 0.3) is 0 Å². The molecular weight excluding hydrogens is 397 g/mol. The molecule has 4 aromatic rings. The first-order valence-electron chi connectivity index (χ1n) is 10.2. The van der Waals surface area contributed by atoms with Gasteiger partial charge >= 0.3 is 0 Å². The van der Waals surface area contributed by atoms with Crippen LogP contribution in [0.3, 0.4) is 0 Å². The van der Waals surface area contributed by atoms with Gasteiger partial charge < -0.3 is 19.7 Å². The number of ether oxygens (including phenoxy) is 1. The van der Waals surface area contributed by atoms with Crippen molar-refractivity contribution in [1.82, 2.24) is 14.9 Å².